The van der Waals surface area contributed by atoms with E-state index < -0.39 is 25.0 Å². The first-order valence-electron chi connectivity index (χ1n) is 5.31. The summed E-state index contributed by atoms with van der Waals surface area (Å²) < 4.78 is 24.1. The van der Waals surface area contributed by atoms with Gasteiger partial charge in [0.1, 0.15) is 16.8 Å². The number of carbonyl (C=O) groups is 1. The maximum absolute atomic E-state index is 12.1. The van der Waals surface area contributed by atoms with Gasteiger partial charge >= 0.3 is 0 Å². The molecule has 1 amide bonds. The fourth-order valence-electron chi connectivity index (χ4n) is 1.27. The zero-order valence-electron chi connectivity index (χ0n) is 9.55. The number of nitrogens with zero attached hydrogens (tertiary/aromatic N) is 1. The first-order valence-corrected chi connectivity index (χ1v) is 7.07. The van der Waals surface area contributed by atoms with Gasteiger partial charge in [-0.25, -0.2) is 13.8 Å². The molecule has 0 aromatic carbocycles. The van der Waals surface area contributed by atoms with Crippen LogP contribution < -0.4 is 5.32 Å². The van der Waals surface area contributed by atoms with Gasteiger partial charge in [0.2, 0.25) is 0 Å². The third-order valence-electron chi connectivity index (χ3n) is 2.23. The second kappa shape index (κ2) is 6.18. The highest BCUT2D eigenvalue weighted by molar-refractivity contribution is 7.20. The highest BCUT2D eigenvalue weighted by atomic mass is 32.1. The number of aliphatic hydroxyl groups excluding tert-OH is 1. The molecule has 1 atom stereocenters. The number of carbonyl (C=O) groups excluding carboxylic acids is 1. The molecule has 2 rings (SSSR count). The Morgan fingerprint density at radius 2 is 2.26 bits per heavy atom. The average Bonchev–Trinajstić information content (AvgIpc) is 3.04. The molecule has 0 aliphatic heterocycles. The van der Waals surface area contributed by atoms with Crippen molar-refractivity contribution in [2.24, 2.45) is 0 Å². The lowest BCUT2D eigenvalue weighted by Crippen LogP contribution is -2.35. The largest absolute Gasteiger partial charge is 0.385 e. The minimum Gasteiger partial charge on any atom is -0.385 e. The molecule has 2 heterocycles. The highest BCUT2D eigenvalue weighted by Crippen LogP contribution is 2.27. The number of nitrogens with one attached hydrogen (secondary N) is 1. The Balaban J connectivity index is 1.97. The summed E-state index contributed by atoms with van der Waals surface area (Å²) in [7, 11) is 0. The van der Waals surface area contributed by atoms with Crippen LogP contribution in [0.3, 0.4) is 0 Å². The maximum Gasteiger partial charge on any atom is 0.270 e. The van der Waals surface area contributed by atoms with E-state index in [-0.39, 0.29) is 5.69 Å². The summed E-state index contributed by atoms with van der Waals surface area (Å²) in [5.41, 5.74) is 0.162. The van der Waals surface area contributed by atoms with E-state index in [9.17, 15) is 13.6 Å². The van der Waals surface area contributed by atoms with Gasteiger partial charge in [-0.1, -0.05) is 6.07 Å². The summed E-state index contributed by atoms with van der Waals surface area (Å²) in [6, 6.07) is 3.76. The number of thiazole rings is 1. The van der Waals surface area contributed by atoms with E-state index in [1.165, 1.54) is 22.7 Å². The van der Waals surface area contributed by atoms with E-state index in [1.807, 2.05) is 17.5 Å². The normalized spacial score (nSPS) is 12.6. The number of hydrogen-bond donors (Lipinski definition) is 2. The Kier molecular flexibility index (Phi) is 4.56. The Labute approximate surface area is 115 Å². The average molecular weight is 304 g/mol. The van der Waals surface area contributed by atoms with Crippen molar-refractivity contribution >= 4 is 28.6 Å². The van der Waals surface area contributed by atoms with Crippen molar-refractivity contribution in [3.05, 3.63) is 28.6 Å². The van der Waals surface area contributed by atoms with Crippen LogP contribution in [0.5, 0.6) is 0 Å². The van der Waals surface area contributed by atoms with E-state index in [0.717, 1.165) is 4.88 Å². The third-order valence-corrected chi connectivity index (χ3v) is 4.11. The SMILES string of the molecule is O=C(NCC(O)C(F)F)c1csc(-c2cccs2)n1. The molecule has 102 valence electrons. The van der Waals surface area contributed by atoms with Crippen LogP contribution >= 0.6 is 22.7 Å². The maximum atomic E-state index is 12.1. The zero-order chi connectivity index (χ0) is 13.8. The monoisotopic (exact) mass is 304 g/mol. The van der Waals surface area contributed by atoms with Gasteiger partial charge in [-0.3, -0.25) is 4.79 Å². The third kappa shape index (κ3) is 3.55. The van der Waals surface area contributed by atoms with Crippen LogP contribution in [0, 0.1) is 0 Å². The van der Waals surface area contributed by atoms with Gasteiger partial charge in [0.05, 0.1) is 4.88 Å². The molecule has 0 aliphatic rings. The first kappa shape index (κ1) is 14.0. The lowest BCUT2D eigenvalue weighted by atomic mass is 10.3. The summed E-state index contributed by atoms with van der Waals surface area (Å²) in [5, 5.41) is 15.3. The smallest absolute Gasteiger partial charge is 0.270 e. The van der Waals surface area contributed by atoms with Gasteiger partial charge in [-0.2, -0.15) is 0 Å². The zero-order valence-corrected chi connectivity index (χ0v) is 11.2. The van der Waals surface area contributed by atoms with E-state index in [1.54, 1.807) is 5.38 Å². The molecule has 0 bridgehead atoms. The van der Waals surface area contributed by atoms with Gasteiger partial charge in [0.25, 0.3) is 12.3 Å². The summed E-state index contributed by atoms with van der Waals surface area (Å²) in [6.07, 6.45) is -4.74. The van der Waals surface area contributed by atoms with Crippen LogP contribution in [0.4, 0.5) is 8.78 Å². The van der Waals surface area contributed by atoms with Crippen LogP contribution in [-0.2, 0) is 0 Å². The molecule has 2 aromatic heterocycles. The molecule has 0 saturated carbocycles. The fourth-order valence-corrected chi connectivity index (χ4v) is 2.88. The first-order chi connectivity index (χ1) is 9.08. The van der Waals surface area contributed by atoms with Crippen LogP contribution in [0.2, 0.25) is 0 Å². The van der Waals surface area contributed by atoms with Crippen molar-refractivity contribution in [3.63, 3.8) is 0 Å². The summed E-state index contributed by atoms with van der Waals surface area (Å²) >= 11 is 2.80. The second-order valence-electron chi connectivity index (χ2n) is 3.63. The summed E-state index contributed by atoms with van der Waals surface area (Å²) in [6.45, 7) is -0.498. The highest BCUT2D eigenvalue weighted by Gasteiger charge is 2.19. The van der Waals surface area contributed by atoms with Crippen LogP contribution in [0.15, 0.2) is 22.9 Å². The molecule has 0 radical (unpaired) electrons. The quantitative estimate of drug-likeness (QED) is 0.890. The molecule has 4 nitrogen and oxygen atoms in total. The van der Waals surface area contributed by atoms with Crippen LogP contribution in [0.1, 0.15) is 10.5 Å². The van der Waals surface area contributed by atoms with Crippen LogP contribution in [0.25, 0.3) is 9.88 Å². The minimum absolute atomic E-state index is 0.162. The Bertz CT molecular complexity index is 543. The van der Waals surface area contributed by atoms with Crippen molar-refractivity contribution in [1.82, 2.24) is 10.3 Å². The summed E-state index contributed by atoms with van der Waals surface area (Å²) in [5.74, 6) is -0.571. The Morgan fingerprint density at radius 3 is 2.89 bits per heavy atom. The molecule has 0 aliphatic carbocycles. The summed E-state index contributed by atoms with van der Waals surface area (Å²) in [4.78, 5) is 16.7. The Hall–Kier alpha value is -1.38. The second-order valence-corrected chi connectivity index (χ2v) is 5.43. The molecule has 19 heavy (non-hydrogen) atoms. The van der Waals surface area contributed by atoms with Crippen molar-refractivity contribution < 1.29 is 18.7 Å². The number of rotatable bonds is 5. The van der Waals surface area contributed by atoms with Crippen molar-refractivity contribution in [1.29, 1.82) is 0 Å². The number of halogens is 2. The number of hydrogen-bond acceptors (Lipinski definition) is 5. The molecule has 0 spiro atoms. The standard InChI is InChI=1S/C11H10F2N2O2S2/c12-9(13)7(16)4-14-10(17)6-5-19-11(15-6)8-2-1-3-18-8/h1-3,5,7,9,16H,4H2,(H,14,17). The topological polar surface area (TPSA) is 62.2 Å². The molecule has 0 saturated heterocycles. The molecule has 0 fully saturated rings. The predicted molar refractivity (Wildman–Crippen MR) is 69.8 cm³/mol. The number of aliphatic hydroxyl groups is 1. The van der Waals surface area contributed by atoms with E-state index in [2.05, 4.69) is 10.3 Å². The predicted octanol–water partition coefficient (Wildman–Crippen LogP) is 2.23. The Morgan fingerprint density at radius 1 is 1.47 bits per heavy atom. The van der Waals surface area contributed by atoms with Gasteiger partial charge in [-0.15, -0.1) is 22.7 Å². The van der Waals surface area contributed by atoms with Crippen molar-refractivity contribution in [2.45, 2.75) is 12.5 Å². The number of aromatic nitrogens is 1. The fraction of sp³-hybridized carbons (Fsp3) is 0.273. The van der Waals surface area contributed by atoms with Gasteiger partial charge in [-0.05, 0) is 11.4 Å². The lowest BCUT2D eigenvalue weighted by Gasteiger charge is -2.09. The van der Waals surface area contributed by atoms with Crippen LogP contribution in [-0.4, -0.2) is 35.1 Å². The van der Waals surface area contributed by atoms with Gasteiger partial charge < -0.3 is 10.4 Å². The molecule has 2 N–H and O–H groups in total. The molecule has 8 heteroatoms. The van der Waals surface area contributed by atoms with E-state index in [0.29, 0.717) is 5.01 Å². The van der Waals surface area contributed by atoms with E-state index >= 15 is 0 Å². The van der Waals surface area contributed by atoms with E-state index in [4.69, 9.17) is 5.11 Å². The van der Waals surface area contributed by atoms with Crippen molar-refractivity contribution in [3.8, 4) is 9.88 Å². The molecule has 1 unspecified atom stereocenters. The van der Waals surface area contributed by atoms with Crippen molar-refractivity contribution in [2.75, 3.05) is 6.54 Å². The number of thiophene rings is 1. The van der Waals surface area contributed by atoms with Gasteiger partial charge in [0, 0.05) is 11.9 Å². The number of alkyl halides is 2. The lowest BCUT2D eigenvalue weighted by molar-refractivity contribution is -0.00272. The number of amides is 1. The molecular weight excluding hydrogens is 294 g/mol. The molecular formula is C11H10F2N2O2S2. The van der Waals surface area contributed by atoms with Gasteiger partial charge in [0.15, 0.2) is 0 Å². The minimum atomic E-state index is -2.88. The molecule has 2 aromatic rings.